The van der Waals surface area contributed by atoms with Gasteiger partial charge in [-0.25, -0.2) is 8.42 Å². The van der Waals surface area contributed by atoms with Crippen molar-refractivity contribution in [1.29, 1.82) is 0 Å². The van der Waals surface area contributed by atoms with Crippen molar-refractivity contribution in [1.82, 2.24) is 5.32 Å². The molecule has 0 radical (unpaired) electrons. The number of hydrogen-bond acceptors (Lipinski definition) is 4. The van der Waals surface area contributed by atoms with E-state index in [-0.39, 0.29) is 17.1 Å². The average molecular weight is 429 g/mol. The molecule has 0 atom stereocenters. The van der Waals surface area contributed by atoms with Crippen LogP contribution >= 0.6 is 0 Å². The van der Waals surface area contributed by atoms with Gasteiger partial charge in [-0.15, -0.1) is 0 Å². The van der Waals surface area contributed by atoms with E-state index in [0.717, 1.165) is 19.3 Å². The predicted molar refractivity (Wildman–Crippen MR) is 117 cm³/mol. The van der Waals surface area contributed by atoms with Gasteiger partial charge in [-0.3, -0.25) is 9.10 Å². The van der Waals surface area contributed by atoms with Crippen molar-refractivity contribution in [3.05, 3.63) is 65.7 Å². The first-order valence-corrected chi connectivity index (χ1v) is 12.1. The third kappa shape index (κ3) is 4.37. The van der Waals surface area contributed by atoms with Gasteiger partial charge in [-0.2, -0.15) is 0 Å². The van der Waals surface area contributed by atoms with Crippen LogP contribution in [-0.4, -0.2) is 46.4 Å². The average Bonchev–Trinajstić information content (AvgIpc) is 2.78. The summed E-state index contributed by atoms with van der Waals surface area (Å²) in [6, 6.07) is 17.2. The van der Waals surface area contributed by atoms with Crippen molar-refractivity contribution < 1.29 is 17.9 Å². The van der Waals surface area contributed by atoms with Crippen LogP contribution in [0, 0.1) is 0 Å². The largest absolute Gasteiger partial charge is 0.381 e. The van der Waals surface area contributed by atoms with Gasteiger partial charge in [0.2, 0.25) is 10.0 Å². The number of ether oxygens (including phenoxy) is 1. The topological polar surface area (TPSA) is 75.7 Å². The number of nitrogens with zero attached hydrogens (tertiary/aromatic N) is 1. The molecule has 2 aliphatic heterocycles. The van der Waals surface area contributed by atoms with Gasteiger partial charge < -0.3 is 10.1 Å². The fourth-order valence-electron chi connectivity index (χ4n) is 4.35. The van der Waals surface area contributed by atoms with Gasteiger partial charge in [0, 0.05) is 37.3 Å². The number of benzene rings is 2. The van der Waals surface area contributed by atoms with E-state index in [1.807, 2.05) is 18.2 Å². The fraction of sp³-hybridized carbons (Fsp3) is 0.435. The highest BCUT2D eigenvalue weighted by molar-refractivity contribution is 7.92. The number of amides is 1. The molecule has 2 aromatic carbocycles. The fourth-order valence-corrected chi connectivity index (χ4v) is 5.99. The van der Waals surface area contributed by atoms with E-state index < -0.39 is 10.0 Å². The molecule has 1 N–H and O–H groups in total. The number of hydrogen-bond donors (Lipinski definition) is 1. The molecule has 0 aromatic heterocycles. The minimum Gasteiger partial charge on any atom is -0.381 e. The van der Waals surface area contributed by atoms with Crippen LogP contribution in [0.1, 0.15) is 41.6 Å². The van der Waals surface area contributed by atoms with Crippen LogP contribution < -0.4 is 9.62 Å². The van der Waals surface area contributed by atoms with E-state index in [9.17, 15) is 13.2 Å². The Balaban J connectivity index is 1.51. The summed E-state index contributed by atoms with van der Waals surface area (Å²) in [6.45, 7) is 2.33. The Labute approximate surface area is 178 Å². The van der Waals surface area contributed by atoms with E-state index in [0.29, 0.717) is 44.0 Å². The number of rotatable bonds is 5. The van der Waals surface area contributed by atoms with Crippen molar-refractivity contribution >= 4 is 21.6 Å². The van der Waals surface area contributed by atoms with E-state index in [2.05, 4.69) is 17.4 Å². The lowest BCUT2D eigenvalue weighted by molar-refractivity contribution is 0.0487. The molecule has 2 fully saturated rings. The van der Waals surface area contributed by atoms with Crippen LogP contribution in [0.5, 0.6) is 0 Å². The summed E-state index contributed by atoms with van der Waals surface area (Å²) >= 11 is 0. The predicted octanol–water partition coefficient (Wildman–Crippen LogP) is 3.09. The molecule has 0 aliphatic carbocycles. The van der Waals surface area contributed by atoms with Gasteiger partial charge >= 0.3 is 0 Å². The van der Waals surface area contributed by atoms with Crippen molar-refractivity contribution in [2.24, 2.45) is 0 Å². The van der Waals surface area contributed by atoms with Crippen LogP contribution in [0.25, 0.3) is 0 Å². The lowest BCUT2D eigenvalue weighted by Gasteiger charge is -2.38. The van der Waals surface area contributed by atoms with Crippen LogP contribution in [0.4, 0.5) is 5.69 Å². The Kier molecular flexibility index (Phi) is 6.11. The molecule has 7 heteroatoms. The number of sulfonamides is 1. The van der Waals surface area contributed by atoms with Gasteiger partial charge in [-0.05, 0) is 49.4 Å². The van der Waals surface area contributed by atoms with Crippen molar-refractivity contribution in [2.75, 3.05) is 36.4 Å². The molecule has 160 valence electrons. The molecule has 0 bridgehead atoms. The van der Waals surface area contributed by atoms with E-state index >= 15 is 0 Å². The molecule has 2 saturated heterocycles. The molecule has 2 aromatic rings. The van der Waals surface area contributed by atoms with Crippen molar-refractivity contribution in [3.8, 4) is 0 Å². The molecule has 1 amide bonds. The van der Waals surface area contributed by atoms with E-state index in [1.165, 1.54) is 9.87 Å². The Hall–Kier alpha value is -2.38. The quantitative estimate of drug-likeness (QED) is 0.794. The molecule has 2 aliphatic rings. The molecule has 4 rings (SSSR count). The van der Waals surface area contributed by atoms with Gasteiger partial charge in [0.15, 0.2) is 0 Å². The Morgan fingerprint density at radius 1 is 1.03 bits per heavy atom. The van der Waals surface area contributed by atoms with Crippen LogP contribution in [-0.2, 0) is 20.2 Å². The smallest absolute Gasteiger partial charge is 0.251 e. The Morgan fingerprint density at radius 2 is 1.80 bits per heavy atom. The first kappa shape index (κ1) is 20.9. The lowest BCUT2D eigenvalue weighted by atomic mass is 9.74. The number of nitrogens with one attached hydrogen (secondary N) is 1. The lowest BCUT2D eigenvalue weighted by Crippen LogP contribution is -2.44. The third-order valence-electron chi connectivity index (χ3n) is 6.17. The maximum Gasteiger partial charge on any atom is 0.251 e. The summed E-state index contributed by atoms with van der Waals surface area (Å²) in [5, 5.41) is 3.10. The zero-order chi connectivity index (χ0) is 21.0. The molecule has 6 nitrogen and oxygen atoms in total. The second kappa shape index (κ2) is 8.78. The first-order chi connectivity index (χ1) is 14.5. The summed E-state index contributed by atoms with van der Waals surface area (Å²) < 4.78 is 31.8. The minimum atomic E-state index is -3.31. The SMILES string of the molecule is O=C(NCC1(c2ccccc2)CCOCC1)c1cccc(N2CCCCS2(=O)=O)c1. The van der Waals surface area contributed by atoms with Crippen molar-refractivity contribution in [3.63, 3.8) is 0 Å². The standard InChI is InChI=1S/C23H28N2O4S/c26-22(19-7-6-10-21(17-19)25-13-4-5-16-30(25,27)28)24-18-23(11-14-29-15-12-23)20-8-2-1-3-9-20/h1-3,6-10,17H,4-5,11-16,18H2,(H,24,26). The summed E-state index contributed by atoms with van der Waals surface area (Å²) in [6.07, 6.45) is 3.22. The van der Waals surface area contributed by atoms with E-state index in [4.69, 9.17) is 4.74 Å². The van der Waals surface area contributed by atoms with Crippen molar-refractivity contribution in [2.45, 2.75) is 31.1 Å². The second-order valence-corrected chi connectivity index (χ2v) is 10.1. The second-order valence-electron chi connectivity index (χ2n) is 8.09. The molecular formula is C23H28N2O4S. The highest BCUT2D eigenvalue weighted by atomic mass is 32.2. The highest BCUT2D eigenvalue weighted by Crippen LogP contribution is 2.34. The molecule has 0 saturated carbocycles. The van der Waals surface area contributed by atoms with Crippen LogP contribution in [0.15, 0.2) is 54.6 Å². The summed E-state index contributed by atoms with van der Waals surface area (Å²) in [5.41, 5.74) is 2.10. The summed E-state index contributed by atoms with van der Waals surface area (Å²) in [5.74, 6) is -0.0292. The summed E-state index contributed by atoms with van der Waals surface area (Å²) in [7, 11) is -3.31. The van der Waals surface area contributed by atoms with Gasteiger partial charge in [-0.1, -0.05) is 36.4 Å². The maximum absolute atomic E-state index is 12.9. The Morgan fingerprint density at radius 3 is 2.53 bits per heavy atom. The maximum atomic E-state index is 12.9. The zero-order valence-electron chi connectivity index (χ0n) is 17.0. The van der Waals surface area contributed by atoms with Gasteiger partial charge in [0.25, 0.3) is 5.91 Å². The minimum absolute atomic E-state index is 0.150. The third-order valence-corrected chi connectivity index (χ3v) is 8.04. The van der Waals surface area contributed by atoms with E-state index in [1.54, 1.807) is 24.3 Å². The first-order valence-electron chi connectivity index (χ1n) is 10.5. The molecule has 30 heavy (non-hydrogen) atoms. The molecule has 0 unspecified atom stereocenters. The number of anilines is 1. The zero-order valence-corrected chi connectivity index (χ0v) is 17.9. The normalized spacial score (nSPS) is 20.5. The summed E-state index contributed by atoms with van der Waals surface area (Å²) in [4.78, 5) is 12.9. The van der Waals surface area contributed by atoms with Crippen LogP contribution in [0.2, 0.25) is 0 Å². The number of carbonyl (C=O) groups is 1. The highest BCUT2D eigenvalue weighted by Gasteiger charge is 2.35. The van der Waals surface area contributed by atoms with Gasteiger partial charge in [0.05, 0.1) is 11.4 Å². The monoisotopic (exact) mass is 428 g/mol. The molecule has 2 heterocycles. The van der Waals surface area contributed by atoms with Crippen LogP contribution in [0.3, 0.4) is 0 Å². The molecular weight excluding hydrogens is 400 g/mol. The molecule has 0 spiro atoms. The Bertz CT molecular complexity index is 985. The van der Waals surface area contributed by atoms with Gasteiger partial charge in [0.1, 0.15) is 0 Å². The number of carbonyl (C=O) groups excluding carboxylic acids is 1.